The summed E-state index contributed by atoms with van der Waals surface area (Å²) in [5.74, 6) is 0.451. The van der Waals surface area contributed by atoms with Gasteiger partial charge in [0.15, 0.2) is 0 Å². The minimum absolute atomic E-state index is 0.101. The van der Waals surface area contributed by atoms with Crippen LogP contribution < -0.4 is 5.32 Å². The number of aromatic nitrogens is 1. The lowest BCUT2D eigenvalue weighted by Gasteiger charge is -2.28. The van der Waals surface area contributed by atoms with Crippen molar-refractivity contribution in [2.45, 2.75) is 26.8 Å². The molecule has 2 aromatic carbocycles. The van der Waals surface area contributed by atoms with Gasteiger partial charge in [0, 0.05) is 24.5 Å². The van der Waals surface area contributed by atoms with Crippen molar-refractivity contribution in [3.05, 3.63) is 82.5 Å². The van der Waals surface area contributed by atoms with Crippen LogP contribution in [0.15, 0.2) is 54.6 Å². The summed E-state index contributed by atoms with van der Waals surface area (Å²) in [5, 5.41) is 12.7. The van der Waals surface area contributed by atoms with E-state index in [1.165, 1.54) is 11.1 Å². The summed E-state index contributed by atoms with van der Waals surface area (Å²) < 4.78 is 1.96. The van der Waals surface area contributed by atoms with Gasteiger partial charge in [-0.2, -0.15) is 5.26 Å². The van der Waals surface area contributed by atoms with Crippen molar-refractivity contribution in [3.63, 3.8) is 0 Å². The smallest absolute Gasteiger partial charge is 0.239 e. The van der Waals surface area contributed by atoms with E-state index >= 15 is 0 Å². The average molecular weight is 384 g/mol. The number of hydrogen-bond donors (Lipinski definition) is 1. The van der Waals surface area contributed by atoms with Crippen LogP contribution >= 0.6 is 0 Å². The number of fused-ring (bicyclic) bond motifs is 1. The van der Waals surface area contributed by atoms with Crippen LogP contribution in [0.2, 0.25) is 0 Å². The third-order valence-corrected chi connectivity index (χ3v) is 5.67. The van der Waals surface area contributed by atoms with Gasteiger partial charge in [-0.1, -0.05) is 42.5 Å². The number of amides is 1. The fourth-order valence-electron chi connectivity index (χ4n) is 4.02. The van der Waals surface area contributed by atoms with Crippen LogP contribution in [0.3, 0.4) is 0 Å². The molecule has 0 saturated carbocycles. The van der Waals surface area contributed by atoms with Crippen LogP contribution in [-0.2, 0) is 17.8 Å². The first-order valence-corrected chi connectivity index (χ1v) is 9.85. The van der Waals surface area contributed by atoms with Crippen LogP contribution in [0.4, 0.5) is 5.82 Å². The number of carbonyl (C=O) groups excluding carboxylic acids is 1. The Bertz CT molecular complexity index is 1090. The van der Waals surface area contributed by atoms with Crippen molar-refractivity contribution in [2.75, 3.05) is 18.4 Å². The minimum Gasteiger partial charge on any atom is -0.310 e. The van der Waals surface area contributed by atoms with Gasteiger partial charge < -0.3 is 5.32 Å². The van der Waals surface area contributed by atoms with Crippen molar-refractivity contribution >= 4 is 11.7 Å². The first kappa shape index (κ1) is 19.0. The van der Waals surface area contributed by atoms with Crippen LogP contribution in [0, 0.1) is 25.2 Å². The van der Waals surface area contributed by atoms with E-state index in [1.807, 2.05) is 54.8 Å². The predicted octanol–water partition coefficient (Wildman–Crippen LogP) is 3.96. The first-order valence-electron chi connectivity index (χ1n) is 9.85. The summed E-state index contributed by atoms with van der Waals surface area (Å²) in [5.41, 5.74) is 5.93. The molecule has 4 rings (SSSR count). The molecule has 0 spiro atoms. The van der Waals surface area contributed by atoms with Gasteiger partial charge in [0.1, 0.15) is 11.9 Å². The van der Waals surface area contributed by atoms with Crippen LogP contribution in [0.25, 0.3) is 5.69 Å². The SMILES string of the molecule is Cc1c(C#N)c(NC(=O)CN2CCc3ccccc3C2)n(-c2ccccc2)c1C. The van der Waals surface area contributed by atoms with Gasteiger partial charge in [0.05, 0.1) is 12.1 Å². The molecule has 1 aromatic heterocycles. The molecular weight excluding hydrogens is 360 g/mol. The van der Waals surface area contributed by atoms with Crippen molar-refractivity contribution in [1.82, 2.24) is 9.47 Å². The maximum absolute atomic E-state index is 12.9. The largest absolute Gasteiger partial charge is 0.310 e. The van der Waals surface area contributed by atoms with Crippen molar-refractivity contribution in [2.24, 2.45) is 0 Å². The molecule has 0 bridgehead atoms. The van der Waals surface area contributed by atoms with Crippen LogP contribution in [0.1, 0.15) is 27.9 Å². The van der Waals surface area contributed by atoms with Gasteiger partial charge in [-0.05, 0) is 49.1 Å². The van der Waals surface area contributed by atoms with Gasteiger partial charge >= 0.3 is 0 Å². The predicted molar refractivity (Wildman–Crippen MR) is 114 cm³/mol. The molecule has 1 aliphatic heterocycles. The molecule has 0 aliphatic carbocycles. The van der Waals surface area contributed by atoms with Crippen molar-refractivity contribution in [1.29, 1.82) is 5.26 Å². The summed E-state index contributed by atoms with van der Waals surface area (Å²) in [7, 11) is 0. The molecule has 1 N–H and O–H groups in total. The number of nitrogens with zero attached hydrogens (tertiary/aromatic N) is 3. The minimum atomic E-state index is -0.101. The number of nitriles is 1. The lowest BCUT2D eigenvalue weighted by atomic mass is 10.00. The van der Waals surface area contributed by atoms with E-state index < -0.39 is 0 Å². The van der Waals surface area contributed by atoms with Gasteiger partial charge in [0.25, 0.3) is 0 Å². The lowest BCUT2D eigenvalue weighted by molar-refractivity contribution is -0.117. The molecule has 0 fully saturated rings. The zero-order valence-electron chi connectivity index (χ0n) is 16.8. The topological polar surface area (TPSA) is 61.1 Å². The molecule has 2 heterocycles. The third kappa shape index (κ3) is 3.67. The lowest BCUT2D eigenvalue weighted by Crippen LogP contribution is -2.37. The molecule has 0 saturated heterocycles. The fourth-order valence-corrected chi connectivity index (χ4v) is 4.02. The number of carbonyl (C=O) groups is 1. The van der Waals surface area contributed by atoms with Crippen molar-refractivity contribution in [3.8, 4) is 11.8 Å². The highest BCUT2D eigenvalue weighted by Gasteiger charge is 2.23. The highest BCUT2D eigenvalue weighted by atomic mass is 16.2. The molecular formula is C24H24N4O. The Morgan fingerprint density at radius 3 is 2.48 bits per heavy atom. The van der Waals surface area contributed by atoms with E-state index in [4.69, 9.17) is 0 Å². The van der Waals surface area contributed by atoms with Gasteiger partial charge in [-0.15, -0.1) is 0 Å². The van der Waals surface area contributed by atoms with Gasteiger partial charge in [-0.25, -0.2) is 0 Å². The summed E-state index contributed by atoms with van der Waals surface area (Å²) in [6, 6.07) is 20.5. The second-order valence-corrected chi connectivity index (χ2v) is 7.49. The molecule has 0 unspecified atom stereocenters. The zero-order chi connectivity index (χ0) is 20.4. The number of para-hydroxylation sites is 1. The van der Waals surface area contributed by atoms with E-state index in [-0.39, 0.29) is 5.91 Å². The van der Waals surface area contributed by atoms with E-state index in [0.717, 1.165) is 36.5 Å². The highest BCUT2D eigenvalue weighted by Crippen LogP contribution is 2.30. The Kier molecular flexibility index (Phi) is 5.20. The zero-order valence-corrected chi connectivity index (χ0v) is 16.8. The normalized spacial score (nSPS) is 13.6. The summed E-state index contributed by atoms with van der Waals surface area (Å²) >= 11 is 0. The Balaban J connectivity index is 1.57. The summed E-state index contributed by atoms with van der Waals surface area (Å²) in [6.45, 7) is 5.82. The number of rotatable bonds is 4. The molecule has 3 aromatic rings. The monoisotopic (exact) mass is 384 g/mol. The second kappa shape index (κ2) is 7.94. The standard InChI is InChI=1S/C24H24N4O/c1-17-18(2)28(21-10-4-3-5-11-21)24(22(17)14-25)26-23(29)16-27-13-12-19-8-6-7-9-20(19)15-27/h3-11H,12-13,15-16H2,1-2H3,(H,26,29). The number of anilines is 1. The second-order valence-electron chi connectivity index (χ2n) is 7.49. The Labute approximate surface area is 171 Å². The molecule has 29 heavy (non-hydrogen) atoms. The van der Waals surface area contributed by atoms with E-state index in [1.54, 1.807) is 0 Å². The van der Waals surface area contributed by atoms with Gasteiger partial charge in [-0.3, -0.25) is 14.3 Å². The third-order valence-electron chi connectivity index (χ3n) is 5.67. The molecule has 0 radical (unpaired) electrons. The first-order chi connectivity index (χ1) is 14.1. The van der Waals surface area contributed by atoms with Crippen LogP contribution in [-0.4, -0.2) is 28.5 Å². The van der Waals surface area contributed by atoms with E-state index in [2.05, 4.69) is 34.5 Å². The Morgan fingerprint density at radius 1 is 1.07 bits per heavy atom. The van der Waals surface area contributed by atoms with Gasteiger partial charge in [0.2, 0.25) is 5.91 Å². The van der Waals surface area contributed by atoms with Crippen LogP contribution in [0.5, 0.6) is 0 Å². The Hall–Kier alpha value is -3.36. The molecule has 1 amide bonds. The van der Waals surface area contributed by atoms with E-state index in [0.29, 0.717) is 17.9 Å². The average Bonchev–Trinajstić information content (AvgIpc) is 2.97. The maximum atomic E-state index is 12.9. The number of hydrogen-bond acceptors (Lipinski definition) is 3. The fraction of sp³-hybridized carbons (Fsp3) is 0.250. The molecule has 0 atom stereocenters. The number of benzene rings is 2. The summed E-state index contributed by atoms with van der Waals surface area (Å²) in [4.78, 5) is 15.0. The quantitative estimate of drug-likeness (QED) is 0.741. The maximum Gasteiger partial charge on any atom is 0.239 e. The molecule has 1 aliphatic rings. The summed E-state index contributed by atoms with van der Waals surface area (Å²) in [6.07, 6.45) is 0.950. The highest BCUT2D eigenvalue weighted by molar-refractivity contribution is 5.93. The molecule has 5 heteroatoms. The Morgan fingerprint density at radius 2 is 1.76 bits per heavy atom. The van der Waals surface area contributed by atoms with E-state index in [9.17, 15) is 10.1 Å². The molecule has 5 nitrogen and oxygen atoms in total. The van der Waals surface area contributed by atoms with Crippen molar-refractivity contribution < 1.29 is 4.79 Å². The molecule has 146 valence electrons. The number of nitrogens with one attached hydrogen (secondary N) is 1.